The Labute approximate surface area is 154 Å². The van der Waals surface area contributed by atoms with Crippen LogP contribution < -0.4 is 5.32 Å². The number of carbonyl (C=O) groups is 3. The van der Waals surface area contributed by atoms with Gasteiger partial charge >= 0.3 is 11.9 Å². The lowest BCUT2D eigenvalue weighted by atomic mass is 10.1. The molecule has 1 aliphatic rings. The molecule has 0 unspecified atom stereocenters. The van der Waals surface area contributed by atoms with E-state index in [2.05, 4.69) is 27.8 Å². The Bertz CT molecular complexity index is 675. The average molecular weight is 410 g/mol. The molecule has 1 saturated carbocycles. The van der Waals surface area contributed by atoms with Crippen molar-refractivity contribution in [2.24, 2.45) is 0 Å². The Hall–Kier alpha value is -2.15. The Morgan fingerprint density at radius 3 is 2.28 bits per heavy atom. The van der Waals surface area contributed by atoms with Crippen LogP contribution in [-0.4, -0.2) is 40.9 Å². The quantitative estimate of drug-likeness (QED) is 0.456. The highest BCUT2D eigenvalue weighted by Gasteiger charge is 2.49. The van der Waals surface area contributed by atoms with E-state index in [-0.39, 0.29) is 12.3 Å². The highest BCUT2D eigenvalue weighted by molar-refractivity contribution is 9.09. The first-order chi connectivity index (χ1) is 11.8. The molecule has 0 saturated heterocycles. The van der Waals surface area contributed by atoms with Gasteiger partial charge in [-0.15, -0.1) is 0 Å². The summed E-state index contributed by atoms with van der Waals surface area (Å²) in [6, 6.07) is 8.63. The second kappa shape index (κ2) is 8.29. The molecule has 0 aromatic heterocycles. The van der Waals surface area contributed by atoms with E-state index in [1.54, 1.807) is 0 Å². The van der Waals surface area contributed by atoms with Crippen LogP contribution in [0.2, 0.25) is 0 Å². The van der Waals surface area contributed by atoms with Gasteiger partial charge in [0.05, 0.1) is 17.3 Å². The first kappa shape index (κ1) is 19.2. The molecule has 7 heteroatoms. The number of nitrogens with one attached hydrogen (secondary N) is 1. The number of amides is 1. The normalized spacial score (nSPS) is 25.3. The van der Waals surface area contributed by atoms with Crippen molar-refractivity contribution in [3.63, 3.8) is 0 Å². The van der Waals surface area contributed by atoms with Crippen LogP contribution in [0.15, 0.2) is 42.5 Å². The number of rotatable bonds is 5. The Kier molecular flexibility index (Phi) is 6.36. The summed E-state index contributed by atoms with van der Waals surface area (Å²) in [5.74, 6) is -1.21. The zero-order chi connectivity index (χ0) is 18.6. The van der Waals surface area contributed by atoms with E-state index in [9.17, 15) is 14.4 Å². The lowest BCUT2D eigenvalue weighted by Gasteiger charge is -2.22. The van der Waals surface area contributed by atoms with Crippen LogP contribution in [0.3, 0.4) is 0 Å². The molecule has 0 bridgehead atoms. The number of ether oxygens (including phenoxy) is 2. The van der Waals surface area contributed by atoms with Crippen molar-refractivity contribution in [1.29, 1.82) is 0 Å². The summed E-state index contributed by atoms with van der Waals surface area (Å²) in [5.41, 5.74) is 1.34. The van der Waals surface area contributed by atoms with Gasteiger partial charge < -0.3 is 14.8 Å². The maximum absolute atomic E-state index is 12.4. The first-order valence-corrected chi connectivity index (χ1v) is 8.71. The molecular formula is C18H20BrNO5. The van der Waals surface area contributed by atoms with Gasteiger partial charge in [0.2, 0.25) is 5.91 Å². The minimum Gasteiger partial charge on any atom is -0.459 e. The number of hydrogen-bond donors (Lipinski definition) is 1. The average Bonchev–Trinajstić information content (AvgIpc) is 2.73. The number of esters is 2. The third kappa shape index (κ3) is 4.92. The van der Waals surface area contributed by atoms with Gasteiger partial charge in [0.15, 0.2) is 0 Å². The van der Waals surface area contributed by atoms with E-state index < -0.39 is 35.0 Å². The van der Waals surface area contributed by atoms with E-state index in [0.29, 0.717) is 5.57 Å². The Morgan fingerprint density at radius 1 is 1.12 bits per heavy atom. The van der Waals surface area contributed by atoms with Gasteiger partial charge in [-0.05, 0) is 11.1 Å². The molecule has 6 nitrogen and oxygen atoms in total. The molecule has 0 radical (unpaired) electrons. The summed E-state index contributed by atoms with van der Waals surface area (Å²) >= 11 is 3.40. The Balaban J connectivity index is 2.13. The summed E-state index contributed by atoms with van der Waals surface area (Å²) in [6.45, 7) is 6.49. The van der Waals surface area contributed by atoms with Gasteiger partial charge in [-0.1, -0.05) is 52.8 Å². The second-order valence-electron chi connectivity index (χ2n) is 5.83. The third-order valence-electron chi connectivity index (χ3n) is 3.82. The summed E-state index contributed by atoms with van der Waals surface area (Å²) in [5, 5.41) is 2.83. The first-order valence-electron chi connectivity index (χ1n) is 7.80. The van der Waals surface area contributed by atoms with Crippen molar-refractivity contribution < 1.29 is 23.9 Å². The van der Waals surface area contributed by atoms with Crippen LogP contribution >= 0.6 is 15.9 Å². The largest absolute Gasteiger partial charge is 0.459 e. The maximum Gasteiger partial charge on any atom is 0.303 e. The second-order valence-corrected chi connectivity index (χ2v) is 6.89. The van der Waals surface area contributed by atoms with Gasteiger partial charge in [0, 0.05) is 13.8 Å². The molecule has 0 aliphatic heterocycles. The molecule has 25 heavy (non-hydrogen) atoms. The molecule has 1 fully saturated rings. The fourth-order valence-electron chi connectivity index (χ4n) is 2.77. The SMILES string of the molecule is C=C1[C@@H](OC(C)=O)[C@H](Br)[C@@H](OC(C)=O)[C@H]1NC(=O)Cc1ccccc1. The highest BCUT2D eigenvalue weighted by Crippen LogP contribution is 2.35. The number of halogens is 1. The molecule has 1 aliphatic carbocycles. The summed E-state index contributed by atoms with van der Waals surface area (Å²) in [7, 11) is 0. The summed E-state index contributed by atoms with van der Waals surface area (Å²) in [4.78, 5) is 34.6. The van der Waals surface area contributed by atoms with Crippen LogP contribution in [-0.2, 0) is 30.3 Å². The predicted octanol–water partition coefficient (Wildman–Crippen LogP) is 1.91. The molecule has 2 rings (SSSR count). The molecule has 1 aromatic carbocycles. The zero-order valence-electron chi connectivity index (χ0n) is 14.0. The van der Waals surface area contributed by atoms with Gasteiger partial charge in [-0.2, -0.15) is 0 Å². The zero-order valence-corrected chi connectivity index (χ0v) is 15.6. The standard InChI is InChI=1S/C18H20BrNO5/c1-10-16(20-14(23)9-13-7-5-4-6-8-13)18(25-12(3)22)15(19)17(10)24-11(2)21/h4-8,15-18H,1,9H2,2-3H3,(H,20,23)/t15-,16-,17+,18+/m0/s1. The molecular weight excluding hydrogens is 390 g/mol. The smallest absolute Gasteiger partial charge is 0.303 e. The van der Waals surface area contributed by atoms with Crippen molar-refractivity contribution in [2.45, 2.75) is 43.3 Å². The molecule has 134 valence electrons. The van der Waals surface area contributed by atoms with Crippen molar-refractivity contribution >= 4 is 33.8 Å². The highest BCUT2D eigenvalue weighted by atomic mass is 79.9. The van der Waals surface area contributed by atoms with Gasteiger partial charge in [-0.3, -0.25) is 14.4 Å². The molecule has 0 heterocycles. The fourth-order valence-corrected chi connectivity index (χ4v) is 3.63. The molecule has 1 aromatic rings. The summed E-state index contributed by atoms with van der Waals surface area (Å²) in [6.07, 6.45) is -1.22. The molecule has 1 amide bonds. The van der Waals surface area contributed by atoms with Crippen LogP contribution in [0.4, 0.5) is 0 Å². The number of hydrogen-bond acceptors (Lipinski definition) is 5. The maximum atomic E-state index is 12.4. The van der Waals surface area contributed by atoms with E-state index in [0.717, 1.165) is 5.56 Å². The van der Waals surface area contributed by atoms with E-state index in [4.69, 9.17) is 9.47 Å². The molecule has 0 spiro atoms. The van der Waals surface area contributed by atoms with E-state index in [1.165, 1.54) is 13.8 Å². The van der Waals surface area contributed by atoms with Gasteiger partial charge in [-0.25, -0.2) is 0 Å². The van der Waals surface area contributed by atoms with Crippen molar-refractivity contribution in [3.8, 4) is 0 Å². The van der Waals surface area contributed by atoms with Crippen LogP contribution in [0.25, 0.3) is 0 Å². The number of alkyl halides is 1. The number of carbonyl (C=O) groups excluding carboxylic acids is 3. The van der Waals surface area contributed by atoms with Gasteiger partial charge in [0.25, 0.3) is 0 Å². The summed E-state index contributed by atoms with van der Waals surface area (Å²) < 4.78 is 10.6. The van der Waals surface area contributed by atoms with Crippen molar-refractivity contribution in [2.75, 3.05) is 0 Å². The molecule has 4 atom stereocenters. The van der Waals surface area contributed by atoms with Gasteiger partial charge in [0.1, 0.15) is 12.2 Å². The van der Waals surface area contributed by atoms with E-state index >= 15 is 0 Å². The van der Waals surface area contributed by atoms with Crippen molar-refractivity contribution in [1.82, 2.24) is 5.32 Å². The van der Waals surface area contributed by atoms with Crippen molar-refractivity contribution in [3.05, 3.63) is 48.0 Å². The monoisotopic (exact) mass is 409 g/mol. The fraction of sp³-hybridized carbons (Fsp3) is 0.389. The Morgan fingerprint density at radius 2 is 1.72 bits per heavy atom. The molecule has 1 N–H and O–H groups in total. The minimum absolute atomic E-state index is 0.183. The minimum atomic E-state index is -0.714. The van der Waals surface area contributed by atoms with E-state index in [1.807, 2.05) is 30.3 Å². The third-order valence-corrected chi connectivity index (χ3v) is 4.82. The lowest BCUT2D eigenvalue weighted by Crippen LogP contribution is -2.45. The topological polar surface area (TPSA) is 81.7 Å². The lowest BCUT2D eigenvalue weighted by molar-refractivity contribution is -0.148. The predicted molar refractivity (Wildman–Crippen MR) is 95.0 cm³/mol. The van der Waals surface area contributed by atoms with Crippen LogP contribution in [0, 0.1) is 0 Å². The number of benzene rings is 1. The van der Waals surface area contributed by atoms with Crippen LogP contribution in [0.1, 0.15) is 19.4 Å². The van der Waals surface area contributed by atoms with Crippen LogP contribution in [0.5, 0.6) is 0 Å².